The topological polar surface area (TPSA) is 0 Å². The van der Waals surface area contributed by atoms with Crippen LogP contribution in [0.4, 0.5) is 0 Å². The van der Waals surface area contributed by atoms with Crippen LogP contribution in [0.15, 0.2) is 47.2 Å². The highest BCUT2D eigenvalue weighted by atomic mass is 35.5. The molecule has 0 radical (unpaired) electrons. The minimum atomic E-state index is -1.38. The predicted octanol–water partition coefficient (Wildman–Crippen LogP) is 6.30. The van der Waals surface area contributed by atoms with Crippen LogP contribution in [0.5, 0.6) is 0 Å². The maximum Gasteiger partial charge on any atom is 0.0743 e. The Bertz CT molecular complexity index is 474. The predicted molar refractivity (Wildman–Crippen MR) is 96.1 cm³/mol. The molecular weight excluding hydrogens is 280 g/mol. The van der Waals surface area contributed by atoms with Crippen molar-refractivity contribution in [1.82, 2.24) is 0 Å². The van der Waals surface area contributed by atoms with E-state index in [2.05, 4.69) is 69.9 Å². The maximum absolute atomic E-state index is 6.30. The molecule has 0 spiro atoms. The summed E-state index contributed by atoms with van der Waals surface area (Å²) in [4.78, 5) is 0. The quantitative estimate of drug-likeness (QED) is 0.328. The molecule has 0 saturated heterocycles. The number of hydrogen-bond donors (Lipinski definition) is 0. The van der Waals surface area contributed by atoms with Gasteiger partial charge in [-0.2, -0.15) is 0 Å². The zero-order chi connectivity index (χ0) is 15.2. The van der Waals surface area contributed by atoms with Crippen LogP contribution in [0.2, 0.25) is 19.6 Å². The third-order valence-electron chi connectivity index (χ3n) is 3.47. The summed E-state index contributed by atoms with van der Waals surface area (Å²) in [5.74, 6) is 0.661. The smallest absolute Gasteiger partial charge is 0.0743 e. The first kappa shape index (κ1) is 17.3. The van der Waals surface area contributed by atoms with Crippen LogP contribution in [0.3, 0.4) is 0 Å². The van der Waals surface area contributed by atoms with Crippen LogP contribution < -0.4 is 0 Å². The molecule has 1 aromatic rings. The monoisotopic (exact) mass is 306 g/mol. The summed E-state index contributed by atoms with van der Waals surface area (Å²) in [6.45, 7) is 11.5. The highest BCUT2D eigenvalue weighted by Crippen LogP contribution is 2.30. The Hall–Kier alpha value is -0.793. The Kier molecular flexibility index (Phi) is 6.77. The molecule has 110 valence electrons. The Balaban J connectivity index is 3.20. The molecule has 0 bridgehead atoms. The Morgan fingerprint density at radius 3 is 2.15 bits per heavy atom. The molecule has 0 nitrogen and oxygen atoms in total. The molecule has 0 saturated carbocycles. The van der Waals surface area contributed by atoms with Gasteiger partial charge in [0.25, 0.3) is 0 Å². The lowest BCUT2D eigenvalue weighted by molar-refractivity contribution is 1.04. The summed E-state index contributed by atoms with van der Waals surface area (Å²) in [6.07, 6.45) is 4.50. The number of alkyl halides is 1. The summed E-state index contributed by atoms with van der Waals surface area (Å²) < 4.78 is 0. The molecule has 1 aromatic carbocycles. The number of rotatable bonds is 6. The van der Waals surface area contributed by atoms with Gasteiger partial charge in [-0.25, -0.2) is 0 Å². The van der Waals surface area contributed by atoms with Crippen molar-refractivity contribution < 1.29 is 0 Å². The lowest BCUT2D eigenvalue weighted by Crippen LogP contribution is -2.26. The van der Waals surface area contributed by atoms with Crippen LogP contribution in [0.25, 0.3) is 5.57 Å². The Morgan fingerprint density at radius 1 is 1.10 bits per heavy atom. The zero-order valence-corrected chi connectivity index (χ0v) is 15.2. The first-order chi connectivity index (χ1) is 9.36. The molecule has 0 N–H and O–H groups in total. The molecule has 0 amide bonds. The molecule has 0 aliphatic heterocycles. The first-order valence-corrected chi connectivity index (χ1v) is 11.4. The Labute approximate surface area is 130 Å². The average Bonchev–Trinajstić information content (AvgIpc) is 2.37. The molecule has 0 aliphatic carbocycles. The molecule has 0 aromatic heterocycles. The summed E-state index contributed by atoms with van der Waals surface area (Å²) in [5.41, 5.74) is 4.20. The molecule has 20 heavy (non-hydrogen) atoms. The van der Waals surface area contributed by atoms with Crippen molar-refractivity contribution in [2.75, 3.05) is 5.88 Å². The van der Waals surface area contributed by atoms with Gasteiger partial charge in [-0.05, 0) is 37.8 Å². The first-order valence-electron chi connectivity index (χ1n) is 7.33. The average molecular weight is 307 g/mol. The van der Waals surface area contributed by atoms with Gasteiger partial charge in [0.1, 0.15) is 0 Å². The molecule has 0 aliphatic rings. The van der Waals surface area contributed by atoms with Crippen molar-refractivity contribution in [2.45, 2.75) is 46.3 Å². The normalized spacial score (nSPS) is 12.9. The standard InChI is InChI=1S/C18H27ClSi/c1-15(2)10-9-13-17(16-11-7-6-8-12-16)18(14-19)20(3,4)5/h6-8,10-12H,9,13-14H2,1-5H3/b18-17+. The van der Waals surface area contributed by atoms with Crippen LogP contribution in [0.1, 0.15) is 32.3 Å². The highest BCUT2D eigenvalue weighted by molar-refractivity contribution is 6.84. The van der Waals surface area contributed by atoms with Gasteiger partial charge in [-0.3, -0.25) is 0 Å². The number of halogens is 1. The van der Waals surface area contributed by atoms with E-state index in [1.165, 1.54) is 21.9 Å². The number of benzene rings is 1. The van der Waals surface area contributed by atoms with Gasteiger partial charge >= 0.3 is 0 Å². The molecule has 0 unspecified atom stereocenters. The zero-order valence-electron chi connectivity index (χ0n) is 13.5. The van der Waals surface area contributed by atoms with Crippen molar-refractivity contribution in [1.29, 1.82) is 0 Å². The molecular formula is C18H27ClSi. The van der Waals surface area contributed by atoms with Crippen LogP contribution >= 0.6 is 11.6 Å². The fourth-order valence-electron chi connectivity index (χ4n) is 2.35. The second-order valence-electron chi connectivity index (χ2n) is 6.53. The Morgan fingerprint density at radius 2 is 1.70 bits per heavy atom. The van der Waals surface area contributed by atoms with Crippen molar-refractivity contribution in [3.8, 4) is 0 Å². The summed E-state index contributed by atoms with van der Waals surface area (Å²) in [5, 5.41) is 1.49. The van der Waals surface area contributed by atoms with Gasteiger partial charge in [0, 0.05) is 5.88 Å². The van der Waals surface area contributed by atoms with E-state index in [4.69, 9.17) is 11.6 Å². The van der Waals surface area contributed by atoms with Gasteiger partial charge < -0.3 is 0 Å². The van der Waals surface area contributed by atoms with Gasteiger partial charge in [0.2, 0.25) is 0 Å². The summed E-state index contributed by atoms with van der Waals surface area (Å²) in [7, 11) is -1.38. The SMILES string of the molecule is CC(C)=CCC/C(=C(/CCl)[Si](C)(C)C)c1ccccc1. The van der Waals surface area contributed by atoms with Crippen molar-refractivity contribution in [3.05, 3.63) is 52.7 Å². The summed E-state index contributed by atoms with van der Waals surface area (Å²) >= 11 is 6.30. The van der Waals surface area contributed by atoms with Crippen molar-refractivity contribution >= 4 is 25.2 Å². The minimum absolute atomic E-state index is 0.661. The van der Waals surface area contributed by atoms with E-state index in [0.29, 0.717) is 5.88 Å². The van der Waals surface area contributed by atoms with Gasteiger partial charge in [0.05, 0.1) is 8.07 Å². The molecule has 2 heteroatoms. The highest BCUT2D eigenvalue weighted by Gasteiger charge is 2.22. The van der Waals surface area contributed by atoms with E-state index in [-0.39, 0.29) is 0 Å². The van der Waals surface area contributed by atoms with Crippen LogP contribution in [-0.2, 0) is 0 Å². The molecule has 0 atom stereocenters. The third kappa shape index (κ3) is 5.30. The van der Waals surface area contributed by atoms with Gasteiger partial charge in [-0.1, -0.05) is 66.8 Å². The molecule has 1 rings (SSSR count). The van der Waals surface area contributed by atoms with Crippen LogP contribution in [-0.4, -0.2) is 14.0 Å². The van der Waals surface area contributed by atoms with E-state index in [1.807, 2.05) is 0 Å². The number of allylic oxidation sites excluding steroid dienone is 4. The van der Waals surface area contributed by atoms with Crippen molar-refractivity contribution in [3.63, 3.8) is 0 Å². The fraction of sp³-hybridized carbons (Fsp3) is 0.444. The van der Waals surface area contributed by atoms with E-state index in [1.54, 1.807) is 0 Å². The second kappa shape index (κ2) is 7.85. The maximum atomic E-state index is 6.30. The third-order valence-corrected chi connectivity index (χ3v) is 6.25. The minimum Gasteiger partial charge on any atom is -0.122 e. The van der Waals surface area contributed by atoms with E-state index >= 15 is 0 Å². The molecule has 0 fully saturated rings. The van der Waals surface area contributed by atoms with Crippen molar-refractivity contribution in [2.24, 2.45) is 0 Å². The van der Waals surface area contributed by atoms with Gasteiger partial charge in [0.15, 0.2) is 0 Å². The van der Waals surface area contributed by atoms with E-state index < -0.39 is 8.07 Å². The lowest BCUT2D eigenvalue weighted by Gasteiger charge is -2.24. The molecule has 0 heterocycles. The number of hydrogen-bond acceptors (Lipinski definition) is 0. The van der Waals surface area contributed by atoms with E-state index in [0.717, 1.165) is 12.8 Å². The fourth-order valence-corrected chi connectivity index (χ4v) is 5.29. The lowest BCUT2D eigenvalue weighted by atomic mass is 10.00. The van der Waals surface area contributed by atoms with Gasteiger partial charge in [-0.15, -0.1) is 11.6 Å². The second-order valence-corrected chi connectivity index (χ2v) is 11.9. The van der Waals surface area contributed by atoms with Crippen LogP contribution in [0, 0.1) is 0 Å². The largest absolute Gasteiger partial charge is 0.122 e. The summed E-state index contributed by atoms with van der Waals surface area (Å²) in [6, 6.07) is 10.7. The van der Waals surface area contributed by atoms with E-state index in [9.17, 15) is 0 Å².